The molecule has 0 aliphatic carbocycles. The zero-order valence-corrected chi connectivity index (χ0v) is 12.5. The van der Waals surface area contributed by atoms with Gasteiger partial charge in [-0.15, -0.1) is 0 Å². The van der Waals surface area contributed by atoms with Crippen molar-refractivity contribution in [2.45, 2.75) is 26.7 Å². The van der Waals surface area contributed by atoms with Gasteiger partial charge in [-0.1, -0.05) is 6.92 Å². The van der Waals surface area contributed by atoms with Gasteiger partial charge < -0.3 is 15.1 Å². The van der Waals surface area contributed by atoms with Gasteiger partial charge >= 0.3 is 0 Å². The zero-order chi connectivity index (χ0) is 13.8. The molecule has 5 heteroatoms. The number of anilines is 2. The van der Waals surface area contributed by atoms with Crippen molar-refractivity contribution in [1.82, 2.24) is 14.9 Å². The van der Waals surface area contributed by atoms with E-state index in [9.17, 15) is 0 Å². The minimum absolute atomic E-state index is 0.940. The number of aryl methyl sites for hydroxylation is 1. The molecule has 106 valence electrons. The van der Waals surface area contributed by atoms with E-state index in [1.165, 1.54) is 0 Å². The minimum atomic E-state index is 0.940. The van der Waals surface area contributed by atoms with E-state index in [-0.39, 0.29) is 0 Å². The third-order valence-electron chi connectivity index (χ3n) is 3.68. The van der Waals surface area contributed by atoms with Gasteiger partial charge in [-0.05, 0) is 20.4 Å². The molecule has 0 radical (unpaired) electrons. The lowest BCUT2D eigenvalue weighted by Gasteiger charge is -2.34. The van der Waals surface area contributed by atoms with E-state index in [0.29, 0.717) is 0 Å². The lowest BCUT2D eigenvalue weighted by Crippen LogP contribution is -2.45. The van der Waals surface area contributed by atoms with Crippen molar-refractivity contribution in [3.8, 4) is 0 Å². The lowest BCUT2D eigenvalue weighted by atomic mass is 10.2. The molecule has 1 aliphatic rings. The number of hydrogen-bond acceptors (Lipinski definition) is 5. The molecule has 5 nitrogen and oxygen atoms in total. The van der Waals surface area contributed by atoms with Crippen molar-refractivity contribution in [1.29, 1.82) is 0 Å². The molecular formula is C14H25N5. The summed E-state index contributed by atoms with van der Waals surface area (Å²) in [6.45, 7) is 8.56. The maximum atomic E-state index is 4.78. The van der Waals surface area contributed by atoms with E-state index < -0.39 is 0 Å². The summed E-state index contributed by atoms with van der Waals surface area (Å²) in [5.41, 5.74) is 1.16. The predicted molar refractivity (Wildman–Crippen MR) is 80.0 cm³/mol. The summed E-state index contributed by atoms with van der Waals surface area (Å²) in [5.74, 6) is 3.02. The number of hydrogen-bond donors (Lipinski definition) is 1. The average molecular weight is 263 g/mol. The number of likely N-dealkylation sites (N-methyl/N-ethyl adjacent to an activating group) is 1. The molecule has 0 aromatic carbocycles. The Morgan fingerprint density at radius 3 is 2.42 bits per heavy atom. The SMILES string of the molecule is CCCc1nc(NC)c(C)c(N2CCN(C)CC2)n1. The third-order valence-corrected chi connectivity index (χ3v) is 3.68. The molecule has 1 N–H and O–H groups in total. The molecular weight excluding hydrogens is 238 g/mol. The van der Waals surface area contributed by atoms with Crippen molar-refractivity contribution >= 4 is 11.6 Å². The molecule has 0 saturated carbocycles. The number of nitrogens with zero attached hydrogens (tertiary/aromatic N) is 4. The maximum absolute atomic E-state index is 4.78. The van der Waals surface area contributed by atoms with Crippen molar-refractivity contribution in [2.75, 3.05) is 50.5 Å². The van der Waals surface area contributed by atoms with Crippen LogP contribution in [0.5, 0.6) is 0 Å². The van der Waals surface area contributed by atoms with E-state index in [2.05, 4.69) is 41.0 Å². The molecule has 0 spiro atoms. The Kier molecular flexibility index (Phi) is 4.58. The summed E-state index contributed by atoms with van der Waals surface area (Å²) in [7, 11) is 4.10. The standard InChI is InChI=1S/C14H25N5/c1-5-6-12-16-13(15-3)11(2)14(17-12)19-9-7-18(4)8-10-19/h5-10H2,1-4H3,(H,15,16,17). The van der Waals surface area contributed by atoms with Crippen LogP contribution in [0.25, 0.3) is 0 Å². The van der Waals surface area contributed by atoms with Crippen LogP contribution in [0.1, 0.15) is 24.7 Å². The molecule has 2 rings (SSSR count). The molecule has 1 aliphatic heterocycles. The van der Waals surface area contributed by atoms with E-state index in [4.69, 9.17) is 4.98 Å². The van der Waals surface area contributed by atoms with Gasteiger partial charge in [0.1, 0.15) is 17.5 Å². The monoisotopic (exact) mass is 263 g/mol. The van der Waals surface area contributed by atoms with Gasteiger partial charge in [0.25, 0.3) is 0 Å². The molecule has 1 fully saturated rings. The van der Waals surface area contributed by atoms with Gasteiger partial charge in [-0.25, -0.2) is 9.97 Å². The van der Waals surface area contributed by atoms with E-state index >= 15 is 0 Å². The second-order valence-electron chi connectivity index (χ2n) is 5.23. The van der Waals surface area contributed by atoms with Crippen LogP contribution in [-0.2, 0) is 6.42 Å². The molecule has 0 atom stereocenters. The van der Waals surface area contributed by atoms with E-state index in [1.807, 2.05) is 7.05 Å². The molecule has 1 saturated heterocycles. The molecule has 0 unspecified atom stereocenters. The highest BCUT2D eigenvalue weighted by Crippen LogP contribution is 2.24. The second-order valence-corrected chi connectivity index (χ2v) is 5.23. The second kappa shape index (κ2) is 6.19. The quantitative estimate of drug-likeness (QED) is 0.892. The topological polar surface area (TPSA) is 44.3 Å². The van der Waals surface area contributed by atoms with Crippen LogP contribution in [-0.4, -0.2) is 55.1 Å². The first kappa shape index (κ1) is 14.1. The van der Waals surface area contributed by atoms with Gasteiger partial charge in [-0.2, -0.15) is 0 Å². The Morgan fingerprint density at radius 2 is 1.84 bits per heavy atom. The fourth-order valence-corrected chi connectivity index (χ4v) is 2.45. The fraction of sp³-hybridized carbons (Fsp3) is 0.714. The van der Waals surface area contributed by atoms with Crippen molar-refractivity contribution in [2.24, 2.45) is 0 Å². The smallest absolute Gasteiger partial charge is 0.137 e. The first-order chi connectivity index (χ1) is 9.15. The average Bonchev–Trinajstić information content (AvgIpc) is 2.42. The van der Waals surface area contributed by atoms with Crippen LogP contribution < -0.4 is 10.2 Å². The van der Waals surface area contributed by atoms with Gasteiger partial charge in [0, 0.05) is 45.2 Å². The number of rotatable bonds is 4. The molecule has 1 aromatic rings. The van der Waals surface area contributed by atoms with E-state index in [0.717, 1.165) is 62.0 Å². The normalized spacial score (nSPS) is 16.7. The highest BCUT2D eigenvalue weighted by Gasteiger charge is 2.19. The molecule has 1 aromatic heterocycles. The van der Waals surface area contributed by atoms with Gasteiger partial charge in [-0.3, -0.25) is 0 Å². The van der Waals surface area contributed by atoms with Crippen molar-refractivity contribution in [3.05, 3.63) is 11.4 Å². The summed E-state index contributed by atoms with van der Waals surface area (Å²) in [6, 6.07) is 0. The van der Waals surface area contributed by atoms with Crippen LogP contribution in [0.15, 0.2) is 0 Å². The summed E-state index contributed by atoms with van der Waals surface area (Å²) >= 11 is 0. The van der Waals surface area contributed by atoms with Crippen LogP contribution in [0, 0.1) is 6.92 Å². The highest BCUT2D eigenvalue weighted by atomic mass is 15.3. The molecule has 0 amide bonds. The maximum Gasteiger partial charge on any atom is 0.137 e. The first-order valence-electron chi connectivity index (χ1n) is 7.14. The van der Waals surface area contributed by atoms with Crippen LogP contribution in [0.3, 0.4) is 0 Å². The Balaban J connectivity index is 2.29. The predicted octanol–water partition coefficient (Wildman–Crippen LogP) is 1.53. The molecule has 0 bridgehead atoms. The fourth-order valence-electron chi connectivity index (χ4n) is 2.45. The summed E-state index contributed by atoms with van der Waals surface area (Å²) in [4.78, 5) is 14.1. The minimum Gasteiger partial charge on any atom is -0.373 e. The van der Waals surface area contributed by atoms with Crippen LogP contribution in [0.2, 0.25) is 0 Å². The van der Waals surface area contributed by atoms with Gasteiger partial charge in [0.2, 0.25) is 0 Å². The van der Waals surface area contributed by atoms with Crippen molar-refractivity contribution in [3.63, 3.8) is 0 Å². The summed E-state index contributed by atoms with van der Waals surface area (Å²) in [6.07, 6.45) is 2.02. The van der Waals surface area contributed by atoms with Gasteiger partial charge in [0.05, 0.1) is 0 Å². The Bertz CT molecular complexity index is 424. The van der Waals surface area contributed by atoms with Crippen LogP contribution in [0.4, 0.5) is 11.6 Å². The highest BCUT2D eigenvalue weighted by molar-refractivity contribution is 5.58. The molecule has 2 heterocycles. The largest absolute Gasteiger partial charge is 0.373 e. The third kappa shape index (κ3) is 3.15. The Labute approximate surface area is 116 Å². The Hall–Kier alpha value is -1.36. The van der Waals surface area contributed by atoms with Crippen LogP contribution >= 0.6 is 0 Å². The number of aromatic nitrogens is 2. The molecule has 19 heavy (non-hydrogen) atoms. The first-order valence-corrected chi connectivity index (χ1v) is 7.14. The number of piperazine rings is 1. The van der Waals surface area contributed by atoms with Crippen molar-refractivity contribution < 1.29 is 0 Å². The number of nitrogens with one attached hydrogen (secondary N) is 1. The summed E-state index contributed by atoms with van der Waals surface area (Å²) < 4.78 is 0. The summed E-state index contributed by atoms with van der Waals surface area (Å²) in [5, 5.41) is 3.19. The van der Waals surface area contributed by atoms with E-state index in [1.54, 1.807) is 0 Å². The zero-order valence-electron chi connectivity index (χ0n) is 12.5. The Morgan fingerprint density at radius 1 is 1.16 bits per heavy atom. The lowest BCUT2D eigenvalue weighted by molar-refractivity contribution is 0.312. The van der Waals surface area contributed by atoms with Gasteiger partial charge in [0.15, 0.2) is 0 Å².